The summed E-state index contributed by atoms with van der Waals surface area (Å²) in [4.78, 5) is 13.7. The van der Waals surface area contributed by atoms with Crippen LogP contribution in [0.2, 0.25) is 0 Å². The number of fused-ring (bicyclic) bond motifs is 1. The molecule has 0 saturated carbocycles. The molecule has 2 fully saturated rings. The molecule has 0 radical (unpaired) electrons. The van der Waals surface area contributed by atoms with Crippen molar-refractivity contribution in [2.24, 2.45) is 4.99 Å². The highest BCUT2D eigenvalue weighted by Gasteiger charge is 2.39. The summed E-state index contributed by atoms with van der Waals surface area (Å²) in [5.41, 5.74) is 2.80. The lowest BCUT2D eigenvalue weighted by Crippen LogP contribution is -2.58. The summed E-state index contributed by atoms with van der Waals surface area (Å²) in [6, 6.07) is 8.53. The molecule has 0 aliphatic carbocycles. The maximum Gasteiger partial charge on any atom is 0.191 e. The average Bonchev–Trinajstić information content (AvgIpc) is 3.22. The van der Waals surface area contributed by atoms with Crippen molar-refractivity contribution in [1.29, 1.82) is 0 Å². The van der Waals surface area contributed by atoms with Crippen LogP contribution in [-0.2, 0) is 6.42 Å². The van der Waals surface area contributed by atoms with Gasteiger partial charge < -0.3 is 20.5 Å². The van der Waals surface area contributed by atoms with Crippen LogP contribution in [0.3, 0.4) is 0 Å². The number of benzene rings is 1. The predicted octanol–water partition coefficient (Wildman–Crippen LogP) is 3.22. The van der Waals surface area contributed by atoms with Gasteiger partial charge in [-0.05, 0) is 83.9 Å². The Kier molecular flexibility index (Phi) is 7.51. The van der Waals surface area contributed by atoms with E-state index in [0.29, 0.717) is 0 Å². The summed E-state index contributed by atoms with van der Waals surface area (Å²) in [5, 5.41) is 8.38. The van der Waals surface area contributed by atoms with E-state index in [-0.39, 0.29) is 5.54 Å². The summed E-state index contributed by atoms with van der Waals surface area (Å²) < 4.78 is 0. The lowest BCUT2D eigenvalue weighted by atomic mass is 9.84. The molecule has 0 amide bonds. The quantitative estimate of drug-likeness (QED) is 0.472. The molecule has 1 aromatic carbocycles. The van der Waals surface area contributed by atoms with Gasteiger partial charge in [-0.25, -0.2) is 0 Å². The van der Waals surface area contributed by atoms with Crippen LogP contribution in [0.1, 0.15) is 44.6 Å². The maximum absolute atomic E-state index is 5.12. The zero-order chi connectivity index (χ0) is 21.5. The van der Waals surface area contributed by atoms with E-state index in [4.69, 9.17) is 4.99 Å². The monoisotopic (exact) mass is 424 g/mol. The first-order chi connectivity index (χ1) is 15.2. The molecule has 0 atom stereocenters. The minimum absolute atomic E-state index is 0.228. The van der Waals surface area contributed by atoms with Gasteiger partial charge in [0.15, 0.2) is 5.96 Å². The largest absolute Gasteiger partial charge is 0.361 e. The summed E-state index contributed by atoms with van der Waals surface area (Å²) in [7, 11) is 2.25. The number of para-hydroxylation sites is 1. The number of guanidine groups is 1. The standard InChI is InChI=1S/C25H40N6/c1-3-26-24(27-14-11-21-19-28-23-10-6-5-9-22(21)23)29-20-25(12-17-30(2)18-13-25)31-15-7-4-8-16-31/h5-6,9-10,19,28H,3-4,7-8,11-18,20H2,1-2H3,(H2,26,27,29). The molecule has 3 N–H and O–H groups in total. The molecule has 6 nitrogen and oxygen atoms in total. The Morgan fingerprint density at radius 1 is 1.06 bits per heavy atom. The molecule has 6 heteroatoms. The Morgan fingerprint density at radius 3 is 2.61 bits per heavy atom. The topological polar surface area (TPSA) is 58.7 Å². The fraction of sp³-hybridized carbons (Fsp3) is 0.640. The van der Waals surface area contributed by atoms with Gasteiger partial charge in [-0.15, -0.1) is 0 Å². The number of likely N-dealkylation sites (tertiary alicyclic amines) is 2. The van der Waals surface area contributed by atoms with Crippen molar-refractivity contribution >= 4 is 16.9 Å². The molecule has 4 rings (SSSR count). The lowest BCUT2D eigenvalue weighted by molar-refractivity contribution is 0.0208. The van der Waals surface area contributed by atoms with Crippen molar-refractivity contribution in [2.75, 3.05) is 52.9 Å². The van der Waals surface area contributed by atoms with E-state index < -0.39 is 0 Å². The minimum atomic E-state index is 0.228. The van der Waals surface area contributed by atoms with E-state index in [9.17, 15) is 0 Å². The zero-order valence-electron chi connectivity index (χ0n) is 19.4. The molecular formula is C25H40N6. The number of piperidine rings is 2. The predicted molar refractivity (Wildman–Crippen MR) is 131 cm³/mol. The van der Waals surface area contributed by atoms with Gasteiger partial charge in [-0.3, -0.25) is 9.89 Å². The van der Waals surface area contributed by atoms with Gasteiger partial charge in [0, 0.05) is 35.7 Å². The van der Waals surface area contributed by atoms with Crippen molar-refractivity contribution in [3.63, 3.8) is 0 Å². The van der Waals surface area contributed by atoms with Crippen molar-refractivity contribution in [1.82, 2.24) is 25.4 Å². The molecule has 170 valence electrons. The Hall–Kier alpha value is -2.05. The van der Waals surface area contributed by atoms with E-state index >= 15 is 0 Å². The van der Waals surface area contributed by atoms with Crippen molar-refractivity contribution < 1.29 is 0 Å². The minimum Gasteiger partial charge on any atom is -0.361 e. The van der Waals surface area contributed by atoms with Gasteiger partial charge >= 0.3 is 0 Å². The number of nitrogens with one attached hydrogen (secondary N) is 3. The molecule has 2 aromatic rings. The summed E-state index contributed by atoms with van der Waals surface area (Å²) in [5.74, 6) is 0.956. The van der Waals surface area contributed by atoms with Crippen LogP contribution in [0, 0.1) is 0 Å². The fourth-order valence-electron chi connectivity index (χ4n) is 5.20. The molecule has 1 aromatic heterocycles. The molecule has 3 heterocycles. The molecule has 0 spiro atoms. The van der Waals surface area contributed by atoms with Gasteiger partial charge in [-0.2, -0.15) is 0 Å². The SMILES string of the molecule is CCNC(=NCC1(N2CCCCC2)CCN(C)CC1)NCCc1c[nH]c2ccccc12. The third kappa shape index (κ3) is 5.42. The number of aromatic nitrogens is 1. The molecule has 2 aliphatic heterocycles. The molecule has 2 saturated heterocycles. The van der Waals surface area contributed by atoms with Crippen molar-refractivity contribution in [3.05, 3.63) is 36.0 Å². The maximum atomic E-state index is 5.12. The van der Waals surface area contributed by atoms with E-state index in [1.807, 2.05) is 0 Å². The van der Waals surface area contributed by atoms with Crippen LogP contribution in [0.15, 0.2) is 35.5 Å². The number of rotatable bonds is 7. The van der Waals surface area contributed by atoms with Crippen molar-refractivity contribution in [3.8, 4) is 0 Å². The second-order valence-electron chi connectivity index (χ2n) is 9.31. The van der Waals surface area contributed by atoms with Gasteiger partial charge in [0.1, 0.15) is 0 Å². The Bertz CT molecular complexity index is 843. The summed E-state index contributed by atoms with van der Waals surface area (Å²) in [6.07, 6.45) is 9.63. The molecule has 0 unspecified atom stereocenters. The Labute approximate surface area is 187 Å². The van der Waals surface area contributed by atoms with Crippen molar-refractivity contribution in [2.45, 2.75) is 51.0 Å². The fourth-order valence-corrected chi connectivity index (χ4v) is 5.20. The summed E-state index contributed by atoms with van der Waals surface area (Å²) in [6.45, 7) is 9.64. The highest BCUT2D eigenvalue weighted by atomic mass is 15.3. The smallest absolute Gasteiger partial charge is 0.191 e. The number of nitrogens with zero attached hydrogens (tertiary/aromatic N) is 3. The van der Waals surface area contributed by atoms with E-state index in [2.05, 4.69) is 69.9 Å². The van der Waals surface area contributed by atoms with Crippen LogP contribution in [0.5, 0.6) is 0 Å². The van der Waals surface area contributed by atoms with Gasteiger partial charge in [0.05, 0.1) is 6.54 Å². The highest BCUT2D eigenvalue weighted by molar-refractivity contribution is 5.83. The van der Waals surface area contributed by atoms with E-state index in [1.165, 1.54) is 74.7 Å². The number of H-pyrrole nitrogens is 1. The van der Waals surface area contributed by atoms with Gasteiger partial charge in [0.2, 0.25) is 0 Å². The average molecular weight is 425 g/mol. The van der Waals surface area contributed by atoms with E-state index in [1.54, 1.807) is 0 Å². The number of hydrogen-bond donors (Lipinski definition) is 3. The molecular weight excluding hydrogens is 384 g/mol. The summed E-state index contributed by atoms with van der Waals surface area (Å²) >= 11 is 0. The van der Waals surface area contributed by atoms with Crippen LogP contribution < -0.4 is 10.6 Å². The number of aromatic amines is 1. The highest BCUT2D eigenvalue weighted by Crippen LogP contribution is 2.31. The lowest BCUT2D eigenvalue weighted by Gasteiger charge is -2.49. The van der Waals surface area contributed by atoms with Gasteiger partial charge in [0.25, 0.3) is 0 Å². The Morgan fingerprint density at radius 2 is 1.84 bits per heavy atom. The van der Waals surface area contributed by atoms with Crippen LogP contribution in [0.4, 0.5) is 0 Å². The first kappa shape index (κ1) is 22.2. The molecule has 31 heavy (non-hydrogen) atoms. The molecule has 2 aliphatic rings. The molecule has 0 bridgehead atoms. The third-order valence-corrected chi connectivity index (χ3v) is 7.18. The third-order valence-electron chi connectivity index (χ3n) is 7.18. The number of aliphatic imine (C=N–C) groups is 1. The second kappa shape index (κ2) is 10.5. The van der Waals surface area contributed by atoms with Crippen LogP contribution in [-0.4, -0.2) is 79.1 Å². The zero-order valence-corrected chi connectivity index (χ0v) is 19.4. The van der Waals surface area contributed by atoms with Gasteiger partial charge in [-0.1, -0.05) is 24.6 Å². The normalized spacial score (nSPS) is 20.8. The first-order valence-electron chi connectivity index (χ1n) is 12.2. The first-order valence-corrected chi connectivity index (χ1v) is 12.2. The van der Waals surface area contributed by atoms with Crippen LogP contribution in [0.25, 0.3) is 10.9 Å². The van der Waals surface area contributed by atoms with Crippen LogP contribution >= 0.6 is 0 Å². The number of hydrogen-bond acceptors (Lipinski definition) is 3. The second-order valence-corrected chi connectivity index (χ2v) is 9.31. The Balaban J connectivity index is 1.40. The van der Waals surface area contributed by atoms with E-state index in [0.717, 1.165) is 32.0 Å².